The van der Waals surface area contributed by atoms with Crippen LogP contribution in [0, 0.1) is 5.82 Å². The van der Waals surface area contributed by atoms with Gasteiger partial charge in [0.15, 0.2) is 0 Å². The van der Waals surface area contributed by atoms with Gasteiger partial charge in [0.1, 0.15) is 11.4 Å². The van der Waals surface area contributed by atoms with Crippen molar-refractivity contribution in [1.82, 2.24) is 0 Å². The van der Waals surface area contributed by atoms with Crippen molar-refractivity contribution in [2.75, 3.05) is 0 Å². The van der Waals surface area contributed by atoms with Crippen LogP contribution in [0.5, 0.6) is 0 Å². The van der Waals surface area contributed by atoms with Crippen LogP contribution in [0.3, 0.4) is 0 Å². The number of nitrogens with zero attached hydrogens (tertiary/aromatic N) is 1. The van der Waals surface area contributed by atoms with Crippen LogP contribution in [-0.4, -0.2) is 6.08 Å². The Morgan fingerprint density at radius 3 is 2.75 bits per heavy atom. The lowest BCUT2D eigenvalue weighted by atomic mass is 10.0. The van der Waals surface area contributed by atoms with E-state index in [0.29, 0.717) is 10.0 Å². The van der Waals surface area contributed by atoms with Gasteiger partial charge in [-0.25, -0.2) is 9.18 Å². The van der Waals surface area contributed by atoms with Gasteiger partial charge in [-0.3, -0.25) is 0 Å². The van der Waals surface area contributed by atoms with Gasteiger partial charge in [-0.05, 0) is 46.8 Å². The molecule has 0 amide bonds. The molecule has 0 aliphatic heterocycles. The van der Waals surface area contributed by atoms with Gasteiger partial charge in [-0.2, -0.15) is 4.99 Å². The molecule has 1 aliphatic rings. The molecular formula is C12H11BrFNO. The standard InChI is InChI=1S/C12H11BrFNO/c1-2-8-5-9(11(14)10(13)6-8)12(3-4-12)15-7-16/h5-6H,2-4H2,1H3. The Kier molecular flexibility index (Phi) is 2.96. The molecule has 0 atom stereocenters. The molecule has 4 heteroatoms. The third kappa shape index (κ3) is 1.83. The van der Waals surface area contributed by atoms with Gasteiger partial charge in [0.2, 0.25) is 6.08 Å². The predicted octanol–water partition coefficient (Wildman–Crippen LogP) is 3.48. The SMILES string of the molecule is CCc1cc(Br)c(F)c(C2(N=C=O)CC2)c1. The van der Waals surface area contributed by atoms with Crippen LogP contribution in [0.15, 0.2) is 21.6 Å². The third-order valence-corrected chi connectivity index (χ3v) is 3.56. The van der Waals surface area contributed by atoms with Crippen molar-refractivity contribution >= 4 is 22.0 Å². The van der Waals surface area contributed by atoms with Crippen molar-refractivity contribution in [1.29, 1.82) is 0 Å². The maximum absolute atomic E-state index is 13.9. The van der Waals surface area contributed by atoms with Gasteiger partial charge in [0.25, 0.3) is 0 Å². The zero-order chi connectivity index (χ0) is 11.8. The smallest absolute Gasteiger partial charge is 0.211 e. The minimum Gasteiger partial charge on any atom is -0.211 e. The second-order valence-electron chi connectivity index (χ2n) is 4.03. The summed E-state index contributed by atoms with van der Waals surface area (Å²) in [6, 6.07) is 3.56. The van der Waals surface area contributed by atoms with Crippen LogP contribution in [0.25, 0.3) is 0 Å². The Hall–Kier alpha value is -0.990. The van der Waals surface area contributed by atoms with Crippen molar-refractivity contribution in [2.24, 2.45) is 4.99 Å². The molecule has 0 saturated heterocycles. The first-order chi connectivity index (χ1) is 7.63. The van der Waals surface area contributed by atoms with E-state index in [2.05, 4.69) is 20.9 Å². The highest BCUT2D eigenvalue weighted by atomic mass is 79.9. The Labute approximate surface area is 102 Å². The van der Waals surface area contributed by atoms with E-state index in [1.807, 2.05) is 6.92 Å². The summed E-state index contributed by atoms with van der Waals surface area (Å²) in [5.74, 6) is -0.311. The van der Waals surface area contributed by atoms with E-state index in [1.54, 1.807) is 18.2 Å². The first kappa shape index (κ1) is 11.5. The highest BCUT2D eigenvalue weighted by Crippen LogP contribution is 2.51. The lowest BCUT2D eigenvalue weighted by Gasteiger charge is -2.12. The van der Waals surface area contributed by atoms with Crippen LogP contribution in [0.4, 0.5) is 4.39 Å². The van der Waals surface area contributed by atoms with E-state index in [9.17, 15) is 9.18 Å². The third-order valence-electron chi connectivity index (χ3n) is 2.98. The van der Waals surface area contributed by atoms with Gasteiger partial charge >= 0.3 is 0 Å². The van der Waals surface area contributed by atoms with Crippen LogP contribution < -0.4 is 0 Å². The minimum atomic E-state index is -0.639. The molecule has 1 saturated carbocycles. The molecule has 1 aromatic carbocycles. The summed E-state index contributed by atoms with van der Waals surface area (Å²) in [5, 5.41) is 0. The van der Waals surface area contributed by atoms with Crippen molar-refractivity contribution in [3.8, 4) is 0 Å². The first-order valence-corrected chi connectivity index (χ1v) is 5.99. The summed E-state index contributed by atoms with van der Waals surface area (Å²) >= 11 is 3.19. The Balaban J connectivity index is 2.55. The van der Waals surface area contributed by atoms with E-state index >= 15 is 0 Å². The van der Waals surface area contributed by atoms with Gasteiger partial charge in [-0.15, -0.1) is 0 Å². The van der Waals surface area contributed by atoms with E-state index in [-0.39, 0.29) is 5.82 Å². The fraction of sp³-hybridized carbons (Fsp3) is 0.417. The summed E-state index contributed by atoms with van der Waals surface area (Å²) in [6.07, 6.45) is 3.81. The molecule has 0 radical (unpaired) electrons. The number of benzene rings is 1. The summed E-state index contributed by atoms with van der Waals surface area (Å²) in [4.78, 5) is 14.1. The maximum atomic E-state index is 13.9. The van der Waals surface area contributed by atoms with Crippen molar-refractivity contribution < 1.29 is 9.18 Å². The largest absolute Gasteiger partial charge is 0.235 e. The molecule has 0 bridgehead atoms. The molecule has 2 rings (SSSR count). The van der Waals surface area contributed by atoms with E-state index in [1.165, 1.54) is 0 Å². The van der Waals surface area contributed by atoms with E-state index in [0.717, 1.165) is 24.8 Å². The number of isocyanates is 1. The van der Waals surface area contributed by atoms with Crippen LogP contribution >= 0.6 is 15.9 Å². The maximum Gasteiger partial charge on any atom is 0.235 e. The number of carbonyl (C=O) groups excluding carboxylic acids is 1. The highest BCUT2D eigenvalue weighted by molar-refractivity contribution is 9.10. The Morgan fingerprint density at radius 1 is 1.56 bits per heavy atom. The molecule has 1 aromatic rings. The molecular weight excluding hydrogens is 273 g/mol. The molecule has 84 valence electrons. The molecule has 1 fully saturated rings. The minimum absolute atomic E-state index is 0.311. The summed E-state index contributed by atoms with van der Waals surface area (Å²) < 4.78 is 14.4. The van der Waals surface area contributed by atoms with Crippen molar-refractivity contribution in [3.05, 3.63) is 33.5 Å². The number of hydrogen-bond donors (Lipinski definition) is 0. The topological polar surface area (TPSA) is 29.4 Å². The lowest BCUT2D eigenvalue weighted by Crippen LogP contribution is -2.07. The molecule has 1 aliphatic carbocycles. The Bertz CT molecular complexity index is 476. The van der Waals surface area contributed by atoms with Gasteiger partial charge in [0.05, 0.1) is 4.47 Å². The summed E-state index contributed by atoms with van der Waals surface area (Å²) in [6.45, 7) is 2.01. The highest BCUT2D eigenvalue weighted by Gasteiger charge is 2.47. The first-order valence-electron chi connectivity index (χ1n) is 5.20. The second kappa shape index (κ2) is 4.11. The van der Waals surface area contributed by atoms with Gasteiger partial charge in [0, 0.05) is 5.56 Å². The molecule has 0 N–H and O–H groups in total. The van der Waals surface area contributed by atoms with Crippen molar-refractivity contribution in [3.63, 3.8) is 0 Å². The normalized spacial score (nSPS) is 16.7. The van der Waals surface area contributed by atoms with Crippen LogP contribution in [0.1, 0.15) is 30.9 Å². The number of hydrogen-bond acceptors (Lipinski definition) is 2. The second-order valence-corrected chi connectivity index (χ2v) is 4.88. The predicted molar refractivity (Wildman–Crippen MR) is 62.5 cm³/mol. The lowest BCUT2D eigenvalue weighted by molar-refractivity contribution is 0.546. The quantitative estimate of drug-likeness (QED) is 0.617. The summed E-state index contributed by atoms with van der Waals surface area (Å²) in [5.41, 5.74) is 0.914. The molecule has 0 aromatic heterocycles. The number of aryl methyl sites for hydroxylation is 1. The van der Waals surface area contributed by atoms with Gasteiger partial charge < -0.3 is 0 Å². The van der Waals surface area contributed by atoms with Gasteiger partial charge in [-0.1, -0.05) is 13.0 Å². The average Bonchev–Trinajstić information content (AvgIpc) is 3.03. The average molecular weight is 284 g/mol. The van der Waals surface area contributed by atoms with Crippen LogP contribution in [0.2, 0.25) is 0 Å². The monoisotopic (exact) mass is 283 g/mol. The van der Waals surface area contributed by atoms with Crippen molar-refractivity contribution in [2.45, 2.75) is 31.7 Å². The fourth-order valence-corrected chi connectivity index (χ4v) is 2.34. The zero-order valence-corrected chi connectivity index (χ0v) is 10.5. The fourth-order valence-electron chi connectivity index (χ4n) is 1.84. The molecule has 2 nitrogen and oxygen atoms in total. The number of rotatable bonds is 3. The zero-order valence-electron chi connectivity index (χ0n) is 8.89. The molecule has 16 heavy (non-hydrogen) atoms. The molecule has 0 heterocycles. The molecule has 0 spiro atoms. The van der Waals surface area contributed by atoms with E-state index < -0.39 is 5.54 Å². The number of aliphatic imine (C=N–C) groups is 1. The van der Waals surface area contributed by atoms with E-state index in [4.69, 9.17) is 0 Å². The summed E-state index contributed by atoms with van der Waals surface area (Å²) in [7, 11) is 0. The van der Waals surface area contributed by atoms with Crippen LogP contribution in [-0.2, 0) is 16.8 Å². The number of halogens is 2. The Morgan fingerprint density at radius 2 is 2.25 bits per heavy atom. The molecule has 0 unspecified atom stereocenters.